The Hall–Kier alpha value is -2.93. The largest absolute Gasteiger partial charge is 0.497 e. The maximum absolute atomic E-state index is 13.1. The zero-order valence-electron chi connectivity index (χ0n) is 16.2. The first kappa shape index (κ1) is 19.4. The molecule has 2 aliphatic heterocycles. The normalized spacial score (nSPS) is 21.0. The summed E-state index contributed by atoms with van der Waals surface area (Å²) in [6.07, 6.45) is 0.758. The minimum absolute atomic E-state index is 0.0762. The van der Waals surface area contributed by atoms with Crippen molar-refractivity contribution in [2.45, 2.75) is 25.4 Å². The lowest BCUT2D eigenvalue weighted by Gasteiger charge is -2.22. The van der Waals surface area contributed by atoms with E-state index in [-0.39, 0.29) is 12.5 Å². The quantitative estimate of drug-likeness (QED) is 0.772. The fourth-order valence-electron chi connectivity index (χ4n) is 3.52. The van der Waals surface area contributed by atoms with E-state index in [1.807, 2.05) is 0 Å². The first-order valence-electron chi connectivity index (χ1n) is 9.29. The molecule has 2 aliphatic rings. The number of hydrogen-bond acceptors (Lipinski definition) is 5. The van der Waals surface area contributed by atoms with Crippen molar-refractivity contribution in [3.05, 3.63) is 52.5 Å². The van der Waals surface area contributed by atoms with Crippen LogP contribution in [0, 0.1) is 0 Å². The van der Waals surface area contributed by atoms with Crippen LogP contribution in [0.4, 0.5) is 4.79 Å². The van der Waals surface area contributed by atoms with Gasteiger partial charge in [0.25, 0.3) is 5.91 Å². The maximum atomic E-state index is 13.1. The Morgan fingerprint density at radius 1 is 1.17 bits per heavy atom. The van der Waals surface area contributed by atoms with Crippen LogP contribution >= 0.6 is 11.6 Å². The lowest BCUT2D eigenvalue weighted by molar-refractivity contribution is -0.131. The van der Waals surface area contributed by atoms with Crippen molar-refractivity contribution >= 4 is 23.5 Å². The van der Waals surface area contributed by atoms with Gasteiger partial charge in [0.15, 0.2) is 11.5 Å². The van der Waals surface area contributed by atoms with Gasteiger partial charge in [0.1, 0.15) is 11.3 Å². The highest BCUT2D eigenvalue weighted by Gasteiger charge is 2.49. The molecule has 0 bridgehead atoms. The molecule has 0 saturated carbocycles. The first-order valence-corrected chi connectivity index (χ1v) is 9.67. The summed E-state index contributed by atoms with van der Waals surface area (Å²) in [5, 5.41) is 3.19. The van der Waals surface area contributed by atoms with Crippen molar-refractivity contribution < 1.29 is 23.8 Å². The number of fused-ring (bicyclic) bond motifs is 1. The minimum Gasteiger partial charge on any atom is -0.497 e. The molecule has 1 saturated heterocycles. The van der Waals surface area contributed by atoms with Gasteiger partial charge in [-0.1, -0.05) is 23.7 Å². The smallest absolute Gasteiger partial charge is 0.325 e. The number of methoxy groups -OCH3 is 1. The topological polar surface area (TPSA) is 77.1 Å². The molecule has 0 spiro atoms. The van der Waals surface area contributed by atoms with E-state index in [0.29, 0.717) is 46.6 Å². The molecular weight excluding hydrogens is 396 g/mol. The second-order valence-electron chi connectivity index (χ2n) is 7.13. The third kappa shape index (κ3) is 3.46. The average molecular weight is 417 g/mol. The van der Waals surface area contributed by atoms with Crippen LogP contribution in [-0.4, -0.2) is 37.2 Å². The van der Waals surface area contributed by atoms with Crippen LogP contribution in [0.5, 0.6) is 17.2 Å². The molecule has 1 fully saturated rings. The van der Waals surface area contributed by atoms with Gasteiger partial charge in [-0.15, -0.1) is 0 Å². The van der Waals surface area contributed by atoms with Crippen LogP contribution in [0.2, 0.25) is 5.02 Å². The number of nitrogens with one attached hydrogen (secondary N) is 1. The highest BCUT2D eigenvalue weighted by Crippen LogP contribution is 2.39. The number of carbonyl (C=O) groups is 2. The highest BCUT2D eigenvalue weighted by molar-refractivity contribution is 6.32. The number of benzene rings is 2. The number of urea groups is 1. The van der Waals surface area contributed by atoms with Crippen molar-refractivity contribution in [1.29, 1.82) is 0 Å². The van der Waals surface area contributed by atoms with E-state index in [1.54, 1.807) is 50.4 Å². The Bertz CT molecular complexity index is 962. The number of carbonyl (C=O) groups excluding carboxylic acids is 2. The molecule has 2 heterocycles. The lowest BCUT2D eigenvalue weighted by Crippen LogP contribution is -2.40. The van der Waals surface area contributed by atoms with Gasteiger partial charge in [-0.05, 0) is 42.3 Å². The van der Waals surface area contributed by atoms with Crippen LogP contribution in [0.3, 0.4) is 0 Å². The van der Waals surface area contributed by atoms with Gasteiger partial charge in [-0.2, -0.15) is 0 Å². The molecule has 3 amide bonds. The van der Waals surface area contributed by atoms with Gasteiger partial charge in [-0.3, -0.25) is 9.69 Å². The molecule has 0 unspecified atom stereocenters. The lowest BCUT2D eigenvalue weighted by atomic mass is 9.92. The summed E-state index contributed by atoms with van der Waals surface area (Å²) in [6.45, 7) is 2.81. The van der Waals surface area contributed by atoms with Crippen molar-refractivity contribution in [3.63, 3.8) is 0 Å². The monoisotopic (exact) mass is 416 g/mol. The van der Waals surface area contributed by atoms with Crippen molar-refractivity contribution in [1.82, 2.24) is 10.2 Å². The molecule has 2 aromatic carbocycles. The Kier molecular flexibility index (Phi) is 5.00. The summed E-state index contributed by atoms with van der Waals surface area (Å²) in [5.74, 6) is 1.35. The van der Waals surface area contributed by atoms with Gasteiger partial charge < -0.3 is 19.5 Å². The van der Waals surface area contributed by atoms with Gasteiger partial charge in [0, 0.05) is 6.42 Å². The standard InChI is InChI=1S/C21H21ClN2O5/c1-21(14-4-6-15(27-2)7-5-14)19(25)24(20(26)23-21)12-13-10-16(22)18-17(11-13)28-8-3-9-29-18/h4-7,10-11H,3,8-9,12H2,1-2H3,(H,23,26)/t21-/m1/s1. The van der Waals surface area contributed by atoms with Gasteiger partial charge >= 0.3 is 6.03 Å². The van der Waals surface area contributed by atoms with Crippen molar-refractivity contribution in [2.75, 3.05) is 20.3 Å². The Labute approximate surface area is 173 Å². The van der Waals surface area contributed by atoms with E-state index in [4.69, 9.17) is 25.8 Å². The van der Waals surface area contributed by atoms with Gasteiger partial charge in [0.2, 0.25) is 0 Å². The molecule has 0 aromatic heterocycles. The van der Waals surface area contributed by atoms with Gasteiger partial charge in [-0.25, -0.2) is 4.79 Å². The van der Waals surface area contributed by atoms with E-state index < -0.39 is 11.6 Å². The molecule has 29 heavy (non-hydrogen) atoms. The number of nitrogens with zero attached hydrogens (tertiary/aromatic N) is 1. The number of ether oxygens (including phenoxy) is 3. The molecule has 8 heteroatoms. The van der Waals surface area contributed by atoms with E-state index in [0.717, 1.165) is 6.42 Å². The van der Waals surface area contributed by atoms with E-state index in [9.17, 15) is 9.59 Å². The molecule has 1 atom stereocenters. The van der Waals surface area contributed by atoms with E-state index >= 15 is 0 Å². The molecule has 2 aromatic rings. The fourth-order valence-corrected chi connectivity index (χ4v) is 3.81. The van der Waals surface area contributed by atoms with Crippen LogP contribution in [0.1, 0.15) is 24.5 Å². The third-order valence-corrected chi connectivity index (χ3v) is 5.43. The summed E-state index contributed by atoms with van der Waals surface area (Å²) in [5.41, 5.74) is 0.205. The minimum atomic E-state index is -1.15. The van der Waals surface area contributed by atoms with Crippen molar-refractivity contribution in [2.24, 2.45) is 0 Å². The Morgan fingerprint density at radius 3 is 2.62 bits per heavy atom. The van der Waals surface area contributed by atoms with Crippen LogP contribution in [0.25, 0.3) is 0 Å². The number of imide groups is 1. The number of amides is 3. The average Bonchev–Trinajstić information content (AvgIpc) is 2.88. The predicted octanol–water partition coefficient (Wildman–Crippen LogP) is 3.48. The first-order chi connectivity index (χ1) is 13.9. The summed E-state index contributed by atoms with van der Waals surface area (Å²) in [4.78, 5) is 26.9. The van der Waals surface area contributed by atoms with E-state index in [1.165, 1.54) is 4.90 Å². The zero-order chi connectivity index (χ0) is 20.6. The highest BCUT2D eigenvalue weighted by atomic mass is 35.5. The van der Waals surface area contributed by atoms with Crippen LogP contribution in [-0.2, 0) is 16.9 Å². The SMILES string of the molecule is COc1ccc([C@@]2(C)NC(=O)N(Cc3cc(Cl)c4c(c3)OCCCO4)C2=O)cc1. The summed E-state index contributed by atoms with van der Waals surface area (Å²) in [7, 11) is 1.57. The molecule has 4 rings (SSSR count). The molecule has 1 N–H and O–H groups in total. The molecule has 152 valence electrons. The second kappa shape index (κ2) is 7.48. The second-order valence-corrected chi connectivity index (χ2v) is 7.54. The number of hydrogen-bond donors (Lipinski definition) is 1. The maximum Gasteiger partial charge on any atom is 0.325 e. The summed E-state index contributed by atoms with van der Waals surface area (Å²) in [6, 6.07) is 10.0. The predicted molar refractivity (Wildman–Crippen MR) is 106 cm³/mol. The Balaban J connectivity index is 1.60. The molecule has 0 radical (unpaired) electrons. The summed E-state index contributed by atoms with van der Waals surface area (Å²) >= 11 is 6.34. The number of rotatable bonds is 4. The number of halogens is 1. The van der Waals surface area contributed by atoms with Crippen molar-refractivity contribution in [3.8, 4) is 17.2 Å². The zero-order valence-corrected chi connectivity index (χ0v) is 16.9. The fraction of sp³-hybridized carbons (Fsp3) is 0.333. The Morgan fingerprint density at radius 2 is 1.90 bits per heavy atom. The van der Waals surface area contributed by atoms with Crippen LogP contribution in [0.15, 0.2) is 36.4 Å². The summed E-state index contributed by atoms with van der Waals surface area (Å²) < 4.78 is 16.5. The van der Waals surface area contributed by atoms with Gasteiger partial charge in [0.05, 0.1) is 31.9 Å². The molecular formula is C21H21ClN2O5. The van der Waals surface area contributed by atoms with E-state index in [2.05, 4.69) is 5.32 Å². The molecule has 7 nitrogen and oxygen atoms in total. The molecule has 0 aliphatic carbocycles. The third-order valence-electron chi connectivity index (χ3n) is 5.14. The van der Waals surface area contributed by atoms with Crippen LogP contribution < -0.4 is 19.5 Å².